The van der Waals surface area contributed by atoms with E-state index in [4.69, 9.17) is 4.74 Å². The second-order valence-corrected chi connectivity index (χ2v) is 10.9. The number of ether oxygens (including phenoxy) is 1. The fraction of sp³-hybridized carbons (Fsp3) is 0.600. The molecule has 204 valence electrons. The van der Waals surface area contributed by atoms with Gasteiger partial charge in [-0.15, -0.1) is 0 Å². The van der Waals surface area contributed by atoms with Crippen molar-refractivity contribution in [3.8, 4) is 16.9 Å². The largest absolute Gasteiger partial charge is 0.432 e. The van der Waals surface area contributed by atoms with Crippen LogP contribution >= 0.6 is 0 Å². The Morgan fingerprint density at radius 3 is 1.95 bits per heavy atom. The maximum Gasteiger partial charge on any atom is 0.400 e. The number of benzene rings is 2. The van der Waals surface area contributed by atoms with Crippen molar-refractivity contribution in [1.82, 2.24) is 0 Å². The summed E-state index contributed by atoms with van der Waals surface area (Å²) in [6.45, 7) is 0.889. The summed E-state index contributed by atoms with van der Waals surface area (Å²) < 4.78 is 90.3. The molecule has 2 aliphatic carbocycles. The van der Waals surface area contributed by atoms with Crippen molar-refractivity contribution in [1.29, 1.82) is 0 Å². The Bertz CT molecular complexity index is 1020. The topological polar surface area (TPSA) is 9.23 Å². The summed E-state index contributed by atoms with van der Waals surface area (Å²) in [5, 5.41) is 0. The third kappa shape index (κ3) is 6.64. The number of hydrogen-bond donors (Lipinski definition) is 0. The van der Waals surface area contributed by atoms with Crippen molar-refractivity contribution in [3.05, 3.63) is 53.3 Å². The molecular weight excluding hydrogens is 490 g/mol. The van der Waals surface area contributed by atoms with E-state index in [0.717, 1.165) is 49.1 Å². The molecule has 0 N–H and O–H groups in total. The van der Waals surface area contributed by atoms with Gasteiger partial charge in [-0.2, -0.15) is 8.78 Å². The van der Waals surface area contributed by atoms with Gasteiger partial charge in [0.25, 0.3) is 0 Å². The SMILES string of the molecule is CCCCC1CCC(C2CCC(C(F)(F)Oc3ccc(-c4cc(F)c(CF)c(F)c4)c(F)c3)CC2)CC1. The Balaban J connectivity index is 1.33. The summed E-state index contributed by atoms with van der Waals surface area (Å²) in [7, 11) is 0. The summed E-state index contributed by atoms with van der Waals surface area (Å²) >= 11 is 0. The zero-order chi connectivity index (χ0) is 26.6. The van der Waals surface area contributed by atoms with Gasteiger partial charge in [-0.25, -0.2) is 17.6 Å². The summed E-state index contributed by atoms with van der Waals surface area (Å²) in [6.07, 6.45) is 7.53. The normalized spacial score (nSPS) is 24.7. The minimum atomic E-state index is -3.45. The lowest BCUT2D eigenvalue weighted by molar-refractivity contribution is -0.224. The van der Waals surface area contributed by atoms with Crippen LogP contribution in [0.25, 0.3) is 11.1 Å². The van der Waals surface area contributed by atoms with Gasteiger partial charge in [0.1, 0.15) is 29.9 Å². The zero-order valence-corrected chi connectivity index (χ0v) is 21.4. The minimum Gasteiger partial charge on any atom is -0.432 e. The lowest BCUT2D eigenvalue weighted by Gasteiger charge is -2.39. The molecule has 2 aromatic rings. The quantitative estimate of drug-likeness (QED) is 0.295. The first kappa shape index (κ1) is 27.8. The van der Waals surface area contributed by atoms with Crippen molar-refractivity contribution in [2.45, 2.75) is 90.3 Å². The van der Waals surface area contributed by atoms with Gasteiger partial charge in [0, 0.05) is 11.6 Å². The molecular formula is C30H36F6O. The van der Waals surface area contributed by atoms with Gasteiger partial charge in [0.05, 0.1) is 11.5 Å². The molecule has 0 saturated heterocycles. The molecule has 1 nitrogen and oxygen atoms in total. The number of alkyl halides is 3. The van der Waals surface area contributed by atoms with Crippen molar-refractivity contribution in [2.24, 2.45) is 23.7 Å². The van der Waals surface area contributed by atoms with Gasteiger partial charge >= 0.3 is 6.11 Å². The first-order chi connectivity index (χ1) is 17.7. The molecule has 2 aromatic carbocycles. The van der Waals surface area contributed by atoms with Gasteiger partial charge in [-0.3, -0.25) is 0 Å². The van der Waals surface area contributed by atoms with Crippen LogP contribution in [0.5, 0.6) is 5.75 Å². The average molecular weight is 527 g/mol. The number of rotatable bonds is 9. The zero-order valence-electron chi connectivity index (χ0n) is 21.4. The van der Waals surface area contributed by atoms with E-state index < -0.39 is 41.7 Å². The molecule has 0 radical (unpaired) electrons. The molecule has 0 amide bonds. The van der Waals surface area contributed by atoms with Gasteiger partial charge in [0.2, 0.25) is 0 Å². The highest BCUT2D eigenvalue weighted by molar-refractivity contribution is 5.65. The van der Waals surface area contributed by atoms with Crippen LogP contribution in [0.1, 0.15) is 83.1 Å². The van der Waals surface area contributed by atoms with Crippen LogP contribution in [0.2, 0.25) is 0 Å². The van der Waals surface area contributed by atoms with Crippen LogP contribution < -0.4 is 4.74 Å². The molecule has 0 bridgehead atoms. The van der Waals surface area contributed by atoms with Gasteiger partial charge in [-0.1, -0.05) is 39.0 Å². The molecule has 4 rings (SSSR count). The van der Waals surface area contributed by atoms with E-state index in [1.807, 2.05) is 0 Å². The fourth-order valence-electron chi connectivity index (χ4n) is 6.29. The van der Waals surface area contributed by atoms with E-state index >= 15 is 0 Å². The Kier molecular flexibility index (Phi) is 9.12. The first-order valence-corrected chi connectivity index (χ1v) is 13.6. The van der Waals surface area contributed by atoms with Gasteiger partial charge in [0.15, 0.2) is 0 Å². The second-order valence-electron chi connectivity index (χ2n) is 10.9. The summed E-state index contributed by atoms with van der Waals surface area (Å²) in [5.74, 6) is -2.58. The molecule has 0 aromatic heterocycles. The van der Waals surface area contributed by atoms with Crippen LogP contribution in [-0.2, 0) is 6.67 Å². The molecule has 0 atom stereocenters. The van der Waals surface area contributed by atoms with E-state index in [2.05, 4.69) is 6.92 Å². The summed E-state index contributed by atoms with van der Waals surface area (Å²) in [6, 6.07) is 4.74. The smallest absolute Gasteiger partial charge is 0.400 e. The van der Waals surface area contributed by atoms with Crippen molar-refractivity contribution >= 4 is 0 Å². The van der Waals surface area contributed by atoms with E-state index in [0.29, 0.717) is 24.7 Å². The highest BCUT2D eigenvalue weighted by atomic mass is 19.3. The fourth-order valence-corrected chi connectivity index (χ4v) is 6.29. The molecule has 2 saturated carbocycles. The van der Waals surface area contributed by atoms with Crippen molar-refractivity contribution in [3.63, 3.8) is 0 Å². The van der Waals surface area contributed by atoms with E-state index in [-0.39, 0.29) is 16.9 Å². The molecule has 0 aliphatic heterocycles. The average Bonchev–Trinajstić information content (AvgIpc) is 2.87. The predicted molar refractivity (Wildman–Crippen MR) is 133 cm³/mol. The molecule has 0 spiro atoms. The number of halogens is 6. The molecule has 7 heteroatoms. The van der Waals surface area contributed by atoms with Crippen LogP contribution in [0, 0.1) is 41.1 Å². The van der Waals surface area contributed by atoms with Crippen LogP contribution in [0.15, 0.2) is 30.3 Å². The van der Waals surface area contributed by atoms with Crippen molar-refractivity contribution < 1.29 is 31.1 Å². The van der Waals surface area contributed by atoms with E-state index in [9.17, 15) is 26.3 Å². The Labute approximate surface area is 215 Å². The molecule has 37 heavy (non-hydrogen) atoms. The summed E-state index contributed by atoms with van der Waals surface area (Å²) in [4.78, 5) is 0. The Morgan fingerprint density at radius 2 is 1.41 bits per heavy atom. The Morgan fingerprint density at radius 1 is 0.811 bits per heavy atom. The monoisotopic (exact) mass is 526 g/mol. The highest BCUT2D eigenvalue weighted by Gasteiger charge is 2.45. The standard InChI is InChI=1S/C30H36F6O/c1-2-3-4-19-5-7-20(8-6-19)21-9-11-23(12-10-21)30(35,36)37-24-13-14-25(29(34)17-24)22-15-27(32)26(18-31)28(33)16-22/h13-17,19-21,23H,2-12,18H2,1H3. The maximum absolute atomic E-state index is 15.0. The molecule has 2 fully saturated rings. The molecule has 2 aliphatic rings. The van der Waals surface area contributed by atoms with Gasteiger partial charge < -0.3 is 4.74 Å². The third-order valence-electron chi connectivity index (χ3n) is 8.55. The summed E-state index contributed by atoms with van der Waals surface area (Å²) in [5.41, 5.74) is -1.08. The van der Waals surface area contributed by atoms with Crippen LogP contribution in [-0.4, -0.2) is 6.11 Å². The number of unbranched alkanes of at least 4 members (excludes halogenated alkanes) is 1. The second kappa shape index (κ2) is 12.1. The van der Waals surface area contributed by atoms with Crippen molar-refractivity contribution in [2.75, 3.05) is 0 Å². The minimum absolute atomic E-state index is 0.152. The lowest BCUT2D eigenvalue weighted by Crippen LogP contribution is -2.38. The van der Waals surface area contributed by atoms with Crippen LogP contribution in [0.4, 0.5) is 26.3 Å². The lowest BCUT2D eigenvalue weighted by atomic mass is 9.68. The van der Waals surface area contributed by atoms with E-state index in [1.165, 1.54) is 44.9 Å². The third-order valence-corrected chi connectivity index (χ3v) is 8.55. The first-order valence-electron chi connectivity index (χ1n) is 13.6. The highest BCUT2D eigenvalue weighted by Crippen LogP contribution is 2.46. The van der Waals surface area contributed by atoms with Gasteiger partial charge in [-0.05, 0) is 86.1 Å². The van der Waals surface area contributed by atoms with E-state index in [1.54, 1.807) is 0 Å². The van der Waals surface area contributed by atoms with Crippen LogP contribution in [0.3, 0.4) is 0 Å². The predicted octanol–water partition coefficient (Wildman–Crippen LogP) is 10.0. The molecule has 0 unspecified atom stereocenters. The Hall–Kier alpha value is -2.18. The maximum atomic E-state index is 15.0. The molecule has 0 heterocycles. The number of hydrogen-bond acceptors (Lipinski definition) is 1.